The van der Waals surface area contributed by atoms with E-state index in [4.69, 9.17) is 11.6 Å². The van der Waals surface area contributed by atoms with Crippen molar-refractivity contribution in [3.05, 3.63) is 128 Å². The molecule has 0 aromatic heterocycles. The number of aliphatic imine (C=N–C) groups is 1. The van der Waals surface area contributed by atoms with Crippen LogP contribution >= 0.6 is 11.6 Å². The molecule has 6 rings (SSSR count). The van der Waals surface area contributed by atoms with Crippen molar-refractivity contribution in [1.29, 1.82) is 0 Å². The van der Waals surface area contributed by atoms with Gasteiger partial charge >= 0.3 is 0 Å². The van der Waals surface area contributed by atoms with Crippen LogP contribution in [0.15, 0.2) is 101 Å². The van der Waals surface area contributed by atoms with Gasteiger partial charge in [0.15, 0.2) is 16.9 Å². The highest BCUT2D eigenvalue weighted by molar-refractivity contribution is 7.79. The maximum atomic E-state index is 14.0. The van der Waals surface area contributed by atoms with Gasteiger partial charge in [0.1, 0.15) is 0 Å². The molecule has 1 heterocycles. The van der Waals surface area contributed by atoms with E-state index < -0.39 is 11.1 Å². The Bertz CT molecular complexity index is 1730. The average Bonchev–Trinajstić information content (AvgIpc) is 3.22. The van der Waals surface area contributed by atoms with E-state index in [9.17, 15) is 13.6 Å². The Kier molecular flexibility index (Phi) is 6.94. The third-order valence-corrected chi connectivity index (χ3v) is 8.56. The molecule has 39 heavy (non-hydrogen) atoms. The summed E-state index contributed by atoms with van der Waals surface area (Å²) in [7, 11) is 0. The number of hydrogen-bond acceptors (Lipinski definition) is 4. The van der Waals surface area contributed by atoms with Crippen LogP contribution in [-0.2, 0) is 11.1 Å². The van der Waals surface area contributed by atoms with Crippen LogP contribution in [0, 0.1) is 0 Å². The number of carbonyl (C=O) groups excluding carboxylic acids is 1. The fourth-order valence-electron chi connectivity index (χ4n) is 6.00. The number of nitrogens with one attached hydrogen (secondary N) is 1. The second-order valence-electron chi connectivity index (χ2n) is 10.0. The number of fused-ring (bicyclic) bond motifs is 4. The van der Waals surface area contributed by atoms with E-state index in [0.717, 1.165) is 61.5 Å². The van der Waals surface area contributed by atoms with Gasteiger partial charge in [-0.1, -0.05) is 61.0 Å². The van der Waals surface area contributed by atoms with Gasteiger partial charge < -0.3 is 9.87 Å². The molecular weight excluding hydrogens is 528 g/mol. The second-order valence-corrected chi connectivity index (χ2v) is 11.5. The molecule has 0 bridgehead atoms. The fourth-order valence-corrected chi connectivity index (χ4v) is 6.52. The number of allylic oxidation sites excluding steroid dienone is 6. The highest BCUT2D eigenvalue weighted by Gasteiger charge is 2.34. The first-order chi connectivity index (χ1) is 18.9. The van der Waals surface area contributed by atoms with Crippen molar-refractivity contribution in [2.45, 2.75) is 31.6 Å². The van der Waals surface area contributed by atoms with E-state index in [1.54, 1.807) is 18.5 Å². The molecule has 196 valence electrons. The molecule has 3 atom stereocenters. The first-order valence-electron chi connectivity index (χ1n) is 13.0. The molecule has 1 aliphatic heterocycles. The number of ketones is 1. The van der Waals surface area contributed by atoms with Crippen molar-refractivity contribution in [2.24, 2.45) is 4.99 Å². The summed E-state index contributed by atoms with van der Waals surface area (Å²) in [6.07, 6.45) is 16.5. The van der Waals surface area contributed by atoms with E-state index in [1.165, 1.54) is 0 Å². The van der Waals surface area contributed by atoms with Gasteiger partial charge in [-0.2, -0.15) is 0 Å². The van der Waals surface area contributed by atoms with Gasteiger partial charge in [0.2, 0.25) is 0 Å². The summed E-state index contributed by atoms with van der Waals surface area (Å²) in [6.45, 7) is 2.10. The quantitative estimate of drug-likeness (QED) is 0.498. The Morgan fingerprint density at radius 3 is 2.72 bits per heavy atom. The Hall–Kier alpha value is -3.58. The number of nitrogens with zero attached hydrogens (tertiary/aromatic N) is 1. The van der Waals surface area contributed by atoms with E-state index >= 15 is 0 Å². The van der Waals surface area contributed by atoms with Crippen LogP contribution in [0.5, 0.6) is 0 Å². The number of hydrogen-bond donors (Lipinski definition) is 2. The summed E-state index contributed by atoms with van der Waals surface area (Å²) in [5.41, 5.74) is 7.67. The predicted molar refractivity (Wildman–Crippen MR) is 158 cm³/mol. The highest BCUT2D eigenvalue weighted by atomic mass is 35.5. The largest absolute Gasteiger partial charge is 0.360 e. The molecule has 0 spiro atoms. The minimum atomic E-state index is -1.88. The molecule has 7 heteroatoms. The first kappa shape index (κ1) is 25.7. The summed E-state index contributed by atoms with van der Waals surface area (Å²) in [6, 6.07) is 12.1. The van der Waals surface area contributed by atoms with Crippen molar-refractivity contribution in [3.63, 3.8) is 0 Å². The van der Waals surface area contributed by atoms with Gasteiger partial charge in [0, 0.05) is 40.4 Å². The molecule has 0 saturated carbocycles. The molecule has 2 aromatic carbocycles. The number of carbonyl (C=O) groups is 1. The summed E-state index contributed by atoms with van der Waals surface area (Å²) in [5, 5.41) is 5.94. The molecule has 2 N–H and O–H groups in total. The minimum Gasteiger partial charge on any atom is -0.360 e. The van der Waals surface area contributed by atoms with Crippen molar-refractivity contribution in [2.75, 3.05) is 5.75 Å². The van der Waals surface area contributed by atoms with Crippen molar-refractivity contribution in [1.82, 2.24) is 5.32 Å². The molecule has 0 amide bonds. The van der Waals surface area contributed by atoms with Crippen LogP contribution in [0.4, 0.5) is 0 Å². The normalized spacial score (nSPS) is 22.1. The van der Waals surface area contributed by atoms with E-state index in [2.05, 4.69) is 53.7 Å². The van der Waals surface area contributed by atoms with Crippen molar-refractivity contribution < 1.29 is 13.6 Å². The van der Waals surface area contributed by atoms with Gasteiger partial charge in [-0.3, -0.25) is 9.79 Å². The van der Waals surface area contributed by atoms with Gasteiger partial charge in [-0.05, 0) is 75.4 Å². The lowest BCUT2D eigenvalue weighted by Crippen LogP contribution is -2.34. The Balaban J connectivity index is 1.62. The lowest BCUT2D eigenvalue weighted by Gasteiger charge is -2.33. The van der Waals surface area contributed by atoms with Crippen LogP contribution in [0.3, 0.4) is 0 Å². The van der Waals surface area contributed by atoms with Crippen LogP contribution in [0.2, 0.25) is 5.02 Å². The van der Waals surface area contributed by atoms with E-state index in [0.29, 0.717) is 11.4 Å². The SMILES string of the molecule is CC1C=CC(CCS(=O)O)=c2ccc3c(c21)C(=O)C=C1C(C2=CN=CC=CN2)=CCC(c2ccc(Cl)cc2)C=31. The molecule has 0 saturated heterocycles. The topological polar surface area (TPSA) is 78.8 Å². The molecule has 0 fully saturated rings. The Labute approximate surface area is 234 Å². The Morgan fingerprint density at radius 2 is 1.92 bits per heavy atom. The van der Waals surface area contributed by atoms with Crippen molar-refractivity contribution in [3.8, 4) is 0 Å². The first-order valence-corrected chi connectivity index (χ1v) is 14.6. The van der Waals surface area contributed by atoms with Gasteiger partial charge in [0.25, 0.3) is 0 Å². The smallest absolute Gasteiger partial charge is 0.187 e. The van der Waals surface area contributed by atoms with E-state index in [-0.39, 0.29) is 23.4 Å². The Morgan fingerprint density at radius 1 is 1.13 bits per heavy atom. The molecular formula is C32H27ClN2O3S. The van der Waals surface area contributed by atoms with Crippen LogP contribution in [-0.4, -0.2) is 26.5 Å². The monoisotopic (exact) mass is 554 g/mol. The zero-order valence-corrected chi connectivity index (χ0v) is 22.9. The molecule has 0 radical (unpaired) electrons. The highest BCUT2D eigenvalue weighted by Crippen LogP contribution is 2.45. The number of benzene rings is 2. The van der Waals surface area contributed by atoms with Crippen molar-refractivity contribution >= 4 is 45.8 Å². The zero-order chi connectivity index (χ0) is 27.1. The summed E-state index contributed by atoms with van der Waals surface area (Å²) >= 11 is 4.35. The molecule has 4 aliphatic rings. The lowest BCUT2D eigenvalue weighted by atomic mass is 9.71. The standard InChI is InChI=1S/C32H27ClN2O3S/c1-19-3-4-21(13-16-39(37)38)23-10-12-26-31-24(20-5-7-22(33)8-6-20)9-11-25(28-18-34-14-2-15-35-28)27(31)17-29(36)32(26)30(19)23/h2-8,10-12,14-15,17-19,24,35H,9,13,16H2,1H3,(H,37,38). The van der Waals surface area contributed by atoms with Crippen LogP contribution in [0.25, 0.3) is 11.1 Å². The number of rotatable bonds is 5. The number of halogens is 1. The third kappa shape index (κ3) is 4.73. The van der Waals surface area contributed by atoms with Gasteiger partial charge in [0.05, 0.1) is 17.6 Å². The summed E-state index contributed by atoms with van der Waals surface area (Å²) < 4.78 is 20.8. The molecule has 2 aromatic rings. The fraction of sp³-hybridized carbons (Fsp3) is 0.188. The molecule has 3 unspecified atom stereocenters. The maximum Gasteiger partial charge on any atom is 0.187 e. The second kappa shape index (κ2) is 10.5. The van der Waals surface area contributed by atoms with Gasteiger partial charge in [-0.25, -0.2) is 4.21 Å². The van der Waals surface area contributed by atoms with Crippen LogP contribution < -0.4 is 15.8 Å². The van der Waals surface area contributed by atoms with Gasteiger partial charge in [-0.15, -0.1) is 0 Å². The summed E-state index contributed by atoms with van der Waals surface area (Å²) in [4.78, 5) is 18.3. The molecule has 3 aliphatic carbocycles. The van der Waals surface area contributed by atoms with E-state index in [1.807, 2.05) is 30.5 Å². The zero-order valence-electron chi connectivity index (χ0n) is 21.4. The predicted octanol–water partition coefficient (Wildman–Crippen LogP) is 5.19. The third-order valence-electron chi connectivity index (χ3n) is 7.75. The maximum absolute atomic E-state index is 14.0. The van der Waals surface area contributed by atoms with Crippen LogP contribution in [0.1, 0.15) is 53.1 Å². The summed E-state index contributed by atoms with van der Waals surface area (Å²) in [5.74, 6) is 0.216. The minimum absolute atomic E-state index is 0.0243. The lowest BCUT2D eigenvalue weighted by molar-refractivity contribution is 0.104. The average molecular weight is 555 g/mol. The molecule has 5 nitrogen and oxygen atoms in total.